The molecule has 0 aliphatic carbocycles. The van der Waals surface area contributed by atoms with Crippen molar-refractivity contribution >= 4 is 35.8 Å². The highest BCUT2D eigenvalue weighted by Gasteiger charge is 2.30. The van der Waals surface area contributed by atoms with E-state index in [1.807, 2.05) is 0 Å². The highest BCUT2D eigenvalue weighted by Crippen LogP contribution is 2.29. The highest BCUT2D eigenvalue weighted by molar-refractivity contribution is 6.07. The first-order valence-electron chi connectivity index (χ1n) is 10.5. The van der Waals surface area contributed by atoms with Crippen molar-refractivity contribution in [2.24, 2.45) is 11.5 Å². The average Bonchev–Trinajstić information content (AvgIpc) is 2.75. The Kier molecular flexibility index (Phi) is 8.99. The van der Waals surface area contributed by atoms with Gasteiger partial charge in [-0.05, 0) is 36.6 Å². The van der Waals surface area contributed by atoms with Gasteiger partial charge in [-0.25, -0.2) is 0 Å². The number of ether oxygens (including phenoxy) is 1. The van der Waals surface area contributed by atoms with E-state index in [9.17, 15) is 39.6 Å². The van der Waals surface area contributed by atoms with E-state index in [4.69, 9.17) is 16.2 Å². The number of nitrogens with one attached hydrogen (secondary N) is 3. The van der Waals surface area contributed by atoms with Crippen LogP contribution in [-0.2, 0) is 19.2 Å². The number of phenols is 1. The Morgan fingerprint density at radius 2 is 1.97 bits per heavy atom. The molecular weight excluding hydrogens is 466 g/mol. The van der Waals surface area contributed by atoms with Crippen molar-refractivity contribution in [3.63, 3.8) is 0 Å². The largest absolute Gasteiger partial charge is 0.550 e. The molecule has 1 saturated heterocycles. The molecule has 1 aliphatic rings. The van der Waals surface area contributed by atoms with Crippen molar-refractivity contribution in [3.8, 4) is 11.5 Å². The number of aliphatic hydroxyl groups is 1. The quantitative estimate of drug-likeness (QED) is 0.0625. The van der Waals surface area contributed by atoms with E-state index in [0.717, 1.165) is 0 Å². The maximum absolute atomic E-state index is 12.4. The topological polar surface area (TPSA) is 254 Å². The van der Waals surface area contributed by atoms with Crippen LogP contribution in [0.2, 0.25) is 0 Å². The summed E-state index contributed by atoms with van der Waals surface area (Å²) in [6.45, 7) is -0.0682. The molecule has 0 aromatic heterocycles. The predicted octanol–water partition coefficient (Wildman–Crippen LogP) is -6.13. The molecule has 14 nitrogen and oxygen atoms in total. The molecule has 0 saturated carbocycles. The number of aliphatic carboxylic acids is 2. The van der Waals surface area contributed by atoms with Crippen LogP contribution < -0.4 is 42.0 Å². The summed E-state index contributed by atoms with van der Waals surface area (Å²) in [6, 6.07) is 3.20. The third-order valence-electron chi connectivity index (χ3n) is 5.01. The van der Waals surface area contributed by atoms with Crippen molar-refractivity contribution < 1.29 is 49.3 Å². The van der Waals surface area contributed by atoms with Gasteiger partial charge in [0.25, 0.3) is 5.91 Å². The SMILES string of the molecule is NC(N)=[NH+]CCC[C@@H]1NC(=O)/C(=C/c2ccc(O)c(OCC[C@](O)(CC(=O)[O-])C(=O)[O-])c2)NC1=O. The number of guanidine groups is 1. The zero-order valence-corrected chi connectivity index (χ0v) is 18.5. The lowest BCUT2D eigenvalue weighted by atomic mass is 9.96. The molecule has 0 spiro atoms. The fraction of sp³-hybridized carbons (Fsp3) is 0.381. The zero-order valence-electron chi connectivity index (χ0n) is 18.5. The van der Waals surface area contributed by atoms with E-state index >= 15 is 0 Å². The number of carbonyl (C=O) groups excluding carboxylic acids is 4. The summed E-state index contributed by atoms with van der Waals surface area (Å²) >= 11 is 0. The Bertz CT molecular complexity index is 1050. The van der Waals surface area contributed by atoms with Crippen LogP contribution in [0.1, 0.15) is 31.2 Å². The van der Waals surface area contributed by atoms with Gasteiger partial charge < -0.3 is 45.4 Å². The molecule has 35 heavy (non-hydrogen) atoms. The molecule has 14 heteroatoms. The molecule has 1 aliphatic heterocycles. The number of nitrogens with two attached hydrogens (primary N) is 2. The number of carboxylic acids is 2. The first-order chi connectivity index (χ1) is 16.4. The van der Waals surface area contributed by atoms with Gasteiger partial charge in [-0.2, -0.15) is 0 Å². The van der Waals surface area contributed by atoms with Crippen LogP contribution >= 0.6 is 0 Å². The van der Waals surface area contributed by atoms with Crippen LogP contribution in [0.4, 0.5) is 0 Å². The number of carboxylic acid groups (broad SMARTS) is 2. The molecule has 0 radical (unpaired) electrons. The van der Waals surface area contributed by atoms with Gasteiger partial charge in [0.2, 0.25) is 5.91 Å². The molecule has 2 atom stereocenters. The van der Waals surface area contributed by atoms with Crippen LogP contribution in [0.15, 0.2) is 23.9 Å². The number of piperazine rings is 1. The third kappa shape index (κ3) is 7.89. The molecular formula is C21H26N5O9-. The van der Waals surface area contributed by atoms with Gasteiger partial charge in [0.1, 0.15) is 17.3 Å². The summed E-state index contributed by atoms with van der Waals surface area (Å²) in [7, 11) is 0. The van der Waals surface area contributed by atoms with Crippen molar-refractivity contribution in [2.45, 2.75) is 37.3 Å². The van der Waals surface area contributed by atoms with E-state index in [1.54, 1.807) is 0 Å². The molecule has 2 amide bonds. The molecule has 1 aromatic rings. The number of benzene rings is 1. The van der Waals surface area contributed by atoms with E-state index in [2.05, 4.69) is 15.6 Å². The van der Waals surface area contributed by atoms with Crippen LogP contribution in [0.3, 0.4) is 0 Å². The summed E-state index contributed by atoms with van der Waals surface area (Å²) in [5, 5.41) is 46.7. The number of hydrogen-bond acceptors (Lipinski definition) is 9. The van der Waals surface area contributed by atoms with Crippen LogP contribution in [0.5, 0.6) is 11.5 Å². The maximum Gasteiger partial charge on any atom is 0.338 e. The second-order valence-electron chi connectivity index (χ2n) is 7.79. The van der Waals surface area contributed by atoms with Gasteiger partial charge in [-0.15, -0.1) is 0 Å². The van der Waals surface area contributed by atoms with Gasteiger partial charge in [0.15, 0.2) is 11.5 Å². The third-order valence-corrected chi connectivity index (χ3v) is 5.01. The number of rotatable bonds is 12. The lowest BCUT2D eigenvalue weighted by Gasteiger charge is -2.29. The zero-order chi connectivity index (χ0) is 26.2. The predicted molar refractivity (Wildman–Crippen MR) is 114 cm³/mol. The van der Waals surface area contributed by atoms with Gasteiger partial charge >= 0.3 is 5.96 Å². The number of hydrogen-bond donors (Lipinski definition) is 7. The summed E-state index contributed by atoms with van der Waals surface area (Å²) in [4.78, 5) is 49.2. The second-order valence-corrected chi connectivity index (χ2v) is 7.79. The van der Waals surface area contributed by atoms with Gasteiger partial charge in [-0.3, -0.25) is 26.0 Å². The van der Waals surface area contributed by atoms with Crippen molar-refractivity contribution in [2.75, 3.05) is 13.2 Å². The molecule has 1 heterocycles. The first kappa shape index (κ1) is 26.9. The van der Waals surface area contributed by atoms with Crippen LogP contribution in [0.25, 0.3) is 6.08 Å². The van der Waals surface area contributed by atoms with Gasteiger partial charge in [0, 0.05) is 18.8 Å². The standard InChI is InChI=1S/C21H27N5O9/c22-20(23)24-6-1-2-12-17(30)26-13(18(31)25-12)8-11-3-4-14(27)15(9-11)35-7-5-21(34,19(32)33)10-16(28)29/h3-4,8-9,12,27,34H,1-2,5-7,10H2,(H,25,31)(H,26,30)(H,28,29)(H,32,33)(H4,22,23,24)/p-1/b13-8-/t12-,21-/m0/s1. The maximum atomic E-state index is 12.4. The average molecular weight is 492 g/mol. The second kappa shape index (κ2) is 11.7. The van der Waals surface area contributed by atoms with Crippen LogP contribution in [-0.4, -0.2) is 64.7 Å². The van der Waals surface area contributed by atoms with Crippen molar-refractivity contribution in [1.29, 1.82) is 0 Å². The summed E-state index contributed by atoms with van der Waals surface area (Å²) in [5.74, 6) is -5.20. The monoisotopic (exact) mass is 492 g/mol. The molecule has 9 N–H and O–H groups in total. The minimum absolute atomic E-state index is 0.0525. The lowest BCUT2D eigenvalue weighted by Crippen LogP contribution is -2.78. The Balaban J connectivity index is 2.04. The fourth-order valence-corrected chi connectivity index (χ4v) is 3.16. The molecule has 0 bridgehead atoms. The fourth-order valence-electron chi connectivity index (χ4n) is 3.16. The Hall–Kier alpha value is -4.33. The first-order valence-corrected chi connectivity index (χ1v) is 10.5. The Labute approximate surface area is 199 Å². The summed E-state index contributed by atoms with van der Waals surface area (Å²) < 4.78 is 5.27. The lowest BCUT2D eigenvalue weighted by molar-refractivity contribution is -0.459. The normalized spacial score (nSPS) is 18.2. The minimum atomic E-state index is -2.72. The smallest absolute Gasteiger partial charge is 0.338 e. The number of amides is 2. The summed E-state index contributed by atoms with van der Waals surface area (Å²) in [6.07, 6.45) is 0.319. The summed E-state index contributed by atoms with van der Waals surface area (Å²) in [5.41, 5.74) is 8.14. The Morgan fingerprint density at radius 1 is 1.26 bits per heavy atom. The molecule has 2 rings (SSSR count). The molecule has 1 aromatic carbocycles. The molecule has 1 fully saturated rings. The van der Waals surface area contributed by atoms with E-state index in [1.165, 1.54) is 24.3 Å². The molecule has 0 unspecified atom stereocenters. The molecule has 190 valence electrons. The van der Waals surface area contributed by atoms with Crippen LogP contribution in [0, 0.1) is 0 Å². The van der Waals surface area contributed by atoms with Gasteiger partial charge in [0.05, 0.1) is 19.1 Å². The number of aromatic hydroxyl groups is 1. The van der Waals surface area contributed by atoms with E-state index < -0.39 is 54.8 Å². The highest BCUT2D eigenvalue weighted by atomic mass is 16.5. The number of phenolic OH excluding ortho intramolecular Hbond substituents is 1. The minimum Gasteiger partial charge on any atom is -0.550 e. The van der Waals surface area contributed by atoms with E-state index in [-0.39, 0.29) is 23.2 Å². The van der Waals surface area contributed by atoms with Crippen molar-refractivity contribution in [1.82, 2.24) is 10.6 Å². The Morgan fingerprint density at radius 3 is 2.60 bits per heavy atom. The van der Waals surface area contributed by atoms with Gasteiger partial charge in [-0.1, -0.05) is 6.07 Å². The van der Waals surface area contributed by atoms with Crippen molar-refractivity contribution in [3.05, 3.63) is 29.5 Å². The van der Waals surface area contributed by atoms with E-state index in [0.29, 0.717) is 24.9 Å². The number of carbonyl (C=O) groups is 4.